The van der Waals surface area contributed by atoms with Gasteiger partial charge in [-0.3, -0.25) is 9.59 Å². The molecule has 0 heterocycles. The fraction of sp³-hybridized carbons (Fsp3) is 0.591. The number of rotatable bonds is 7. The summed E-state index contributed by atoms with van der Waals surface area (Å²) in [6.45, 7) is 11.5. The molecule has 9 nitrogen and oxygen atoms in total. The zero-order valence-corrected chi connectivity index (χ0v) is 19.4. The van der Waals surface area contributed by atoms with Crippen molar-refractivity contribution in [2.24, 2.45) is 0 Å². The maximum Gasteiger partial charge on any atom is 0.408 e. The van der Waals surface area contributed by atoms with Crippen molar-refractivity contribution in [2.75, 3.05) is 13.2 Å². The number of phenols is 1. The summed E-state index contributed by atoms with van der Waals surface area (Å²) in [6, 6.07) is 3.72. The number of carbonyl (C=O) groups is 3. The second kappa shape index (κ2) is 10.5. The number of aromatic hydroxyl groups is 1. The standard InChI is InChI=1S/C22H35N3O6/c1-8-25(19(29)15(13-26)23-20(30)31-22(5,6)7)17(18(28)24-21(2,3)4)14-11-9-10-12-16(14)27/h9-12,15,17,26-27H,8,13H2,1-7H3,(H,23,30)(H,24,28). The van der Waals surface area contributed by atoms with Crippen LogP contribution in [0.25, 0.3) is 0 Å². The molecule has 0 radical (unpaired) electrons. The van der Waals surface area contributed by atoms with E-state index in [-0.39, 0.29) is 17.9 Å². The van der Waals surface area contributed by atoms with E-state index in [9.17, 15) is 24.6 Å². The highest BCUT2D eigenvalue weighted by Gasteiger charge is 2.37. The molecule has 0 aliphatic rings. The van der Waals surface area contributed by atoms with Gasteiger partial charge in [-0.1, -0.05) is 18.2 Å². The molecule has 0 aliphatic heterocycles. The third-order valence-corrected chi connectivity index (χ3v) is 4.08. The summed E-state index contributed by atoms with van der Waals surface area (Å²) in [5.74, 6) is -1.34. The van der Waals surface area contributed by atoms with E-state index in [0.717, 1.165) is 0 Å². The predicted molar refractivity (Wildman–Crippen MR) is 116 cm³/mol. The van der Waals surface area contributed by atoms with E-state index in [1.165, 1.54) is 11.0 Å². The van der Waals surface area contributed by atoms with E-state index in [4.69, 9.17) is 4.74 Å². The molecule has 3 amide bonds. The van der Waals surface area contributed by atoms with Gasteiger partial charge in [-0.15, -0.1) is 0 Å². The molecular formula is C22H35N3O6. The molecule has 9 heteroatoms. The van der Waals surface area contributed by atoms with Crippen molar-refractivity contribution in [3.63, 3.8) is 0 Å². The summed E-state index contributed by atoms with van der Waals surface area (Å²) in [6.07, 6.45) is -0.866. The monoisotopic (exact) mass is 437 g/mol. The van der Waals surface area contributed by atoms with Crippen molar-refractivity contribution < 1.29 is 29.3 Å². The Kier molecular flexibility index (Phi) is 8.86. The van der Waals surface area contributed by atoms with Crippen LogP contribution < -0.4 is 10.6 Å². The lowest BCUT2D eigenvalue weighted by atomic mass is 10.00. The van der Waals surface area contributed by atoms with Crippen molar-refractivity contribution in [3.05, 3.63) is 29.8 Å². The molecule has 1 rings (SSSR count). The van der Waals surface area contributed by atoms with Gasteiger partial charge >= 0.3 is 6.09 Å². The summed E-state index contributed by atoms with van der Waals surface area (Å²) < 4.78 is 5.16. The number of para-hydroxylation sites is 1. The highest BCUT2D eigenvalue weighted by Crippen LogP contribution is 2.30. The molecule has 0 aliphatic carbocycles. The van der Waals surface area contributed by atoms with Crippen molar-refractivity contribution in [2.45, 2.75) is 71.7 Å². The maximum absolute atomic E-state index is 13.2. The van der Waals surface area contributed by atoms with Gasteiger partial charge in [0.1, 0.15) is 23.4 Å². The number of aliphatic hydroxyl groups excluding tert-OH is 1. The molecule has 0 bridgehead atoms. The minimum atomic E-state index is -1.33. The van der Waals surface area contributed by atoms with Crippen LogP contribution in [0.1, 0.15) is 60.1 Å². The van der Waals surface area contributed by atoms with E-state index in [0.29, 0.717) is 0 Å². The van der Waals surface area contributed by atoms with Gasteiger partial charge in [0, 0.05) is 17.6 Å². The van der Waals surface area contributed by atoms with E-state index >= 15 is 0 Å². The number of nitrogens with zero attached hydrogens (tertiary/aromatic N) is 1. The number of carbonyl (C=O) groups excluding carboxylic acids is 3. The molecule has 1 aromatic carbocycles. The van der Waals surface area contributed by atoms with Crippen molar-refractivity contribution >= 4 is 17.9 Å². The Labute approximate surface area is 183 Å². The molecule has 31 heavy (non-hydrogen) atoms. The van der Waals surface area contributed by atoms with Crippen LogP contribution in [0.5, 0.6) is 5.75 Å². The third-order valence-electron chi connectivity index (χ3n) is 4.08. The Morgan fingerprint density at radius 3 is 2.13 bits per heavy atom. The van der Waals surface area contributed by atoms with E-state index in [1.807, 2.05) is 0 Å². The molecule has 0 saturated heterocycles. The van der Waals surface area contributed by atoms with Gasteiger partial charge in [0.25, 0.3) is 0 Å². The first-order valence-electron chi connectivity index (χ1n) is 10.2. The number of hydrogen-bond acceptors (Lipinski definition) is 6. The topological polar surface area (TPSA) is 128 Å². The number of nitrogens with one attached hydrogen (secondary N) is 2. The molecule has 0 saturated carbocycles. The van der Waals surface area contributed by atoms with E-state index in [2.05, 4.69) is 10.6 Å². The SMILES string of the molecule is CCN(C(=O)C(CO)NC(=O)OC(C)(C)C)C(C(=O)NC(C)(C)C)c1ccccc1O. The lowest BCUT2D eigenvalue weighted by Crippen LogP contribution is -2.55. The molecule has 0 aromatic heterocycles. The van der Waals surface area contributed by atoms with Crippen LogP contribution in [0.4, 0.5) is 4.79 Å². The minimum Gasteiger partial charge on any atom is -0.508 e. The Bertz CT molecular complexity index is 782. The fourth-order valence-corrected chi connectivity index (χ4v) is 2.91. The third kappa shape index (κ3) is 8.09. The molecule has 174 valence electrons. The lowest BCUT2D eigenvalue weighted by molar-refractivity contribution is -0.143. The zero-order chi connectivity index (χ0) is 24.0. The normalized spacial score (nSPS) is 13.7. The molecule has 1 aromatic rings. The van der Waals surface area contributed by atoms with Crippen LogP contribution in [-0.2, 0) is 14.3 Å². The van der Waals surface area contributed by atoms with Crippen LogP contribution in [0.15, 0.2) is 24.3 Å². The smallest absolute Gasteiger partial charge is 0.408 e. The van der Waals surface area contributed by atoms with Gasteiger partial charge in [-0.2, -0.15) is 0 Å². The lowest BCUT2D eigenvalue weighted by Gasteiger charge is -2.35. The highest BCUT2D eigenvalue weighted by molar-refractivity contribution is 5.92. The molecule has 4 N–H and O–H groups in total. The average Bonchev–Trinajstić information content (AvgIpc) is 2.61. The summed E-state index contributed by atoms with van der Waals surface area (Å²) in [4.78, 5) is 39.7. The predicted octanol–water partition coefficient (Wildman–Crippen LogP) is 2.08. The number of phenolic OH excluding ortho intramolecular Hbond substituents is 1. The molecule has 0 spiro atoms. The number of hydrogen-bond donors (Lipinski definition) is 4. The Morgan fingerprint density at radius 2 is 1.68 bits per heavy atom. The summed E-state index contributed by atoms with van der Waals surface area (Å²) in [5.41, 5.74) is -1.15. The number of likely N-dealkylation sites (N-methyl/N-ethyl adjacent to an activating group) is 1. The molecular weight excluding hydrogens is 402 g/mol. The van der Waals surface area contributed by atoms with Crippen LogP contribution in [0.3, 0.4) is 0 Å². The van der Waals surface area contributed by atoms with Gasteiger partial charge in [0.05, 0.1) is 6.61 Å². The van der Waals surface area contributed by atoms with Gasteiger partial charge in [-0.25, -0.2) is 4.79 Å². The van der Waals surface area contributed by atoms with Gasteiger partial charge in [0.2, 0.25) is 11.8 Å². The van der Waals surface area contributed by atoms with Crippen LogP contribution in [0, 0.1) is 0 Å². The largest absolute Gasteiger partial charge is 0.508 e. The molecule has 2 atom stereocenters. The Hall–Kier alpha value is -2.81. The first-order valence-corrected chi connectivity index (χ1v) is 10.2. The second-order valence-electron chi connectivity index (χ2n) is 9.21. The van der Waals surface area contributed by atoms with Gasteiger partial charge in [0.15, 0.2) is 0 Å². The second-order valence-corrected chi connectivity index (χ2v) is 9.21. The average molecular weight is 438 g/mol. The van der Waals surface area contributed by atoms with E-state index in [1.54, 1.807) is 66.7 Å². The van der Waals surface area contributed by atoms with Crippen LogP contribution in [-0.4, -0.2) is 63.4 Å². The van der Waals surface area contributed by atoms with Gasteiger partial charge in [-0.05, 0) is 54.5 Å². The van der Waals surface area contributed by atoms with Crippen LogP contribution >= 0.6 is 0 Å². The van der Waals surface area contributed by atoms with Gasteiger partial charge < -0.3 is 30.5 Å². The van der Waals surface area contributed by atoms with Crippen LogP contribution in [0.2, 0.25) is 0 Å². The van der Waals surface area contributed by atoms with E-state index < -0.39 is 47.7 Å². The Balaban J connectivity index is 3.30. The summed E-state index contributed by atoms with van der Waals surface area (Å²) in [5, 5.41) is 25.3. The van der Waals surface area contributed by atoms with Crippen molar-refractivity contribution in [1.82, 2.24) is 15.5 Å². The number of benzene rings is 1. The number of aliphatic hydroxyl groups is 1. The number of alkyl carbamates (subject to hydrolysis) is 1. The minimum absolute atomic E-state index is 0.0852. The maximum atomic E-state index is 13.2. The molecule has 0 fully saturated rings. The first-order chi connectivity index (χ1) is 14.2. The molecule has 2 unspecified atom stereocenters. The van der Waals surface area contributed by atoms with Crippen molar-refractivity contribution in [3.8, 4) is 5.75 Å². The zero-order valence-electron chi connectivity index (χ0n) is 19.4. The fourth-order valence-electron chi connectivity index (χ4n) is 2.91. The quantitative estimate of drug-likeness (QED) is 0.517. The Morgan fingerprint density at radius 1 is 1.10 bits per heavy atom. The summed E-state index contributed by atoms with van der Waals surface area (Å²) in [7, 11) is 0. The first kappa shape index (κ1) is 26.2. The number of amides is 3. The van der Waals surface area contributed by atoms with Crippen molar-refractivity contribution in [1.29, 1.82) is 0 Å². The highest BCUT2D eigenvalue weighted by atomic mass is 16.6. The number of ether oxygens (including phenoxy) is 1. The summed E-state index contributed by atoms with van der Waals surface area (Å²) >= 11 is 0.